The zero-order valence-corrected chi connectivity index (χ0v) is 15.8. The third-order valence-electron chi connectivity index (χ3n) is 5.27. The highest BCUT2D eigenvalue weighted by Gasteiger charge is 2.53. The first-order chi connectivity index (χ1) is 12.3. The molecule has 0 aliphatic carbocycles. The SMILES string of the molecule is Cc1c(C)[n+](C)c2n1C1C(=O)N(Cc3ccccc3Cl)C(=O)N(C)C1=N2. The highest BCUT2D eigenvalue weighted by atomic mass is 35.5. The fraction of sp³-hybridized carbons (Fsp3) is 0.333. The quantitative estimate of drug-likeness (QED) is 0.759. The molecule has 3 heterocycles. The maximum Gasteiger partial charge on any atom is 0.401 e. The second-order valence-electron chi connectivity index (χ2n) is 6.63. The number of amidine groups is 1. The minimum atomic E-state index is -0.630. The van der Waals surface area contributed by atoms with Crippen LogP contribution in [0.25, 0.3) is 0 Å². The van der Waals surface area contributed by atoms with E-state index in [1.807, 2.05) is 48.2 Å². The lowest BCUT2D eigenvalue weighted by molar-refractivity contribution is -0.663. The number of hydrogen-bond acceptors (Lipinski definition) is 3. The van der Waals surface area contributed by atoms with Gasteiger partial charge in [-0.3, -0.25) is 14.6 Å². The number of hydrogen-bond donors (Lipinski definition) is 0. The topological polar surface area (TPSA) is 61.8 Å². The maximum atomic E-state index is 13.2. The molecule has 2 aromatic rings. The molecule has 1 unspecified atom stereocenters. The fourth-order valence-electron chi connectivity index (χ4n) is 3.54. The summed E-state index contributed by atoms with van der Waals surface area (Å²) in [6, 6.07) is 6.20. The lowest BCUT2D eigenvalue weighted by atomic mass is 10.1. The van der Waals surface area contributed by atoms with Gasteiger partial charge < -0.3 is 0 Å². The minimum absolute atomic E-state index is 0.131. The summed E-state index contributed by atoms with van der Waals surface area (Å²) >= 11 is 6.22. The molecule has 26 heavy (non-hydrogen) atoms. The van der Waals surface area contributed by atoms with Crippen LogP contribution < -0.4 is 4.57 Å². The minimum Gasteiger partial charge on any atom is -0.270 e. The molecule has 3 amide bonds. The van der Waals surface area contributed by atoms with Gasteiger partial charge in [0.25, 0.3) is 5.91 Å². The molecule has 8 heteroatoms. The van der Waals surface area contributed by atoms with Gasteiger partial charge in [0, 0.05) is 12.1 Å². The second-order valence-corrected chi connectivity index (χ2v) is 7.04. The number of benzene rings is 1. The summed E-state index contributed by atoms with van der Waals surface area (Å²) in [7, 11) is 3.55. The van der Waals surface area contributed by atoms with Crippen LogP contribution in [0.2, 0.25) is 5.02 Å². The summed E-state index contributed by atoms with van der Waals surface area (Å²) in [5.41, 5.74) is 2.72. The molecule has 0 bridgehead atoms. The molecular weight excluding hydrogens is 354 g/mol. The van der Waals surface area contributed by atoms with Crippen molar-refractivity contribution in [3.63, 3.8) is 0 Å². The fourth-order valence-corrected chi connectivity index (χ4v) is 3.73. The second kappa shape index (κ2) is 5.67. The molecule has 1 saturated heterocycles. The van der Waals surface area contributed by atoms with Gasteiger partial charge in [-0.2, -0.15) is 0 Å². The molecule has 0 saturated carbocycles. The van der Waals surface area contributed by atoms with Crippen LogP contribution >= 0.6 is 11.6 Å². The van der Waals surface area contributed by atoms with Crippen LogP contribution in [0.1, 0.15) is 23.0 Å². The molecule has 1 aromatic heterocycles. The molecule has 0 spiro atoms. The van der Waals surface area contributed by atoms with Gasteiger partial charge in [-0.1, -0.05) is 34.8 Å². The number of imide groups is 1. The number of likely N-dealkylation sites (N-methyl/N-ethyl adjacent to an activating group) is 1. The van der Waals surface area contributed by atoms with Crippen LogP contribution in [0.15, 0.2) is 29.3 Å². The highest BCUT2D eigenvalue weighted by molar-refractivity contribution is 6.31. The summed E-state index contributed by atoms with van der Waals surface area (Å²) in [6.45, 7) is 4.07. The Hall–Kier alpha value is -2.67. The molecule has 0 radical (unpaired) electrons. The van der Waals surface area contributed by atoms with E-state index in [0.717, 1.165) is 17.0 Å². The lowest BCUT2D eigenvalue weighted by Gasteiger charge is -2.33. The van der Waals surface area contributed by atoms with Gasteiger partial charge in [-0.15, -0.1) is 0 Å². The Kier molecular flexibility index (Phi) is 3.66. The van der Waals surface area contributed by atoms with E-state index in [-0.39, 0.29) is 12.5 Å². The van der Waals surface area contributed by atoms with Crippen molar-refractivity contribution >= 4 is 35.3 Å². The number of amides is 3. The number of nitrogens with zero attached hydrogens (tertiary/aromatic N) is 5. The van der Waals surface area contributed by atoms with Gasteiger partial charge in [0.2, 0.25) is 11.9 Å². The van der Waals surface area contributed by atoms with Crippen molar-refractivity contribution in [3.8, 4) is 0 Å². The Morgan fingerprint density at radius 3 is 2.62 bits per heavy atom. The Balaban J connectivity index is 1.78. The van der Waals surface area contributed by atoms with E-state index in [1.54, 1.807) is 13.1 Å². The average molecular weight is 373 g/mol. The number of halogens is 1. The van der Waals surface area contributed by atoms with Crippen molar-refractivity contribution in [2.45, 2.75) is 26.4 Å². The number of carbonyl (C=O) groups excluding carboxylic acids is 2. The zero-order valence-electron chi connectivity index (χ0n) is 15.0. The third kappa shape index (κ3) is 2.13. The summed E-state index contributed by atoms with van der Waals surface area (Å²) in [4.78, 5) is 33.3. The first kappa shape index (κ1) is 16.8. The molecule has 1 aromatic carbocycles. The summed E-state index contributed by atoms with van der Waals surface area (Å²) in [6.07, 6.45) is 0. The van der Waals surface area contributed by atoms with Crippen LogP contribution in [0.3, 0.4) is 0 Å². The molecule has 0 N–H and O–H groups in total. The van der Waals surface area contributed by atoms with E-state index in [0.29, 0.717) is 16.8 Å². The summed E-state index contributed by atoms with van der Waals surface area (Å²) in [5, 5.41) is 0.529. The first-order valence-corrected chi connectivity index (χ1v) is 8.69. The van der Waals surface area contributed by atoms with E-state index in [4.69, 9.17) is 11.6 Å². The Morgan fingerprint density at radius 1 is 1.23 bits per heavy atom. The van der Waals surface area contributed by atoms with Crippen molar-refractivity contribution in [1.29, 1.82) is 0 Å². The number of carbonyl (C=O) groups is 2. The molecule has 1 atom stereocenters. The number of aliphatic imine (C=N–C) groups is 1. The van der Waals surface area contributed by atoms with Crippen molar-refractivity contribution < 1.29 is 14.2 Å². The molecule has 7 nitrogen and oxygen atoms in total. The number of aromatic nitrogens is 2. The van der Waals surface area contributed by atoms with Crippen molar-refractivity contribution in [2.24, 2.45) is 12.0 Å². The van der Waals surface area contributed by atoms with Gasteiger partial charge in [0.05, 0.1) is 13.6 Å². The molecule has 134 valence electrons. The van der Waals surface area contributed by atoms with Gasteiger partial charge >= 0.3 is 12.0 Å². The molecular formula is C18H19ClN5O2+. The molecule has 1 fully saturated rings. The van der Waals surface area contributed by atoms with Crippen molar-refractivity contribution in [3.05, 3.63) is 46.2 Å². The van der Waals surface area contributed by atoms with Crippen LogP contribution in [-0.4, -0.2) is 39.2 Å². The van der Waals surface area contributed by atoms with Crippen LogP contribution in [0.5, 0.6) is 0 Å². The summed E-state index contributed by atoms with van der Waals surface area (Å²) in [5.74, 6) is 0.848. The number of urea groups is 1. The Bertz CT molecular complexity index is 994. The predicted molar refractivity (Wildman–Crippen MR) is 96.4 cm³/mol. The summed E-state index contributed by atoms with van der Waals surface area (Å²) < 4.78 is 3.83. The van der Waals surface area contributed by atoms with Crippen molar-refractivity contribution in [1.82, 2.24) is 14.4 Å². The van der Waals surface area contributed by atoms with Crippen molar-refractivity contribution in [2.75, 3.05) is 7.05 Å². The monoisotopic (exact) mass is 372 g/mol. The van der Waals surface area contributed by atoms with E-state index >= 15 is 0 Å². The molecule has 2 aliphatic heterocycles. The Labute approximate surface area is 156 Å². The van der Waals surface area contributed by atoms with E-state index < -0.39 is 12.1 Å². The normalized spacial score (nSPS) is 19.0. The molecule has 4 rings (SSSR count). The van der Waals surface area contributed by atoms with E-state index in [9.17, 15) is 9.59 Å². The van der Waals surface area contributed by atoms with E-state index in [1.165, 1.54) is 9.80 Å². The van der Waals surface area contributed by atoms with Crippen LogP contribution in [0.4, 0.5) is 10.7 Å². The van der Waals surface area contributed by atoms with E-state index in [2.05, 4.69) is 4.99 Å². The predicted octanol–water partition coefficient (Wildman–Crippen LogP) is 2.26. The average Bonchev–Trinajstić information content (AvgIpc) is 3.11. The highest BCUT2D eigenvalue weighted by Crippen LogP contribution is 2.35. The van der Waals surface area contributed by atoms with Crippen LogP contribution in [-0.2, 0) is 18.4 Å². The standard InChI is InChI=1S/C18H19ClN5O2/c1-10-11(2)24-14-15(20-17(24)21(10)3)22(4)18(26)23(16(14)25)9-12-7-5-6-8-13(12)19/h5-8,14H,9H2,1-4H3/q+1. The van der Waals surface area contributed by atoms with Crippen LogP contribution in [0, 0.1) is 13.8 Å². The third-order valence-corrected chi connectivity index (χ3v) is 5.64. The number of imidazole rings is 1. The Morgan fingerprint density at radius 2 is 1.92 bits per heavy atom. The molecule has 2 aliphatic rings. The maximum absolute atomic E-state index is 13.2. The lowest BCUT2D eigenvalue weighted by Crippen LogP contribution is -2.57. The van der Waals surface area contributed by atoms with Gasteiger partial charge in [0.15, 0.2) is 0 Å². The van der Waals surface area contributed by atoms with Gasteiger partial charge in [-0.05, 0) is 25.5 Å². The van der Waals surface area contributed by atoms with Gasteiger partial charge in [0.1, 0.15) is 11.4 Å². The largest absolute Gasteiger partial charge is 0.401 e. The number of fused-ring (bicyclic) bond motifs is 3. The zero-order chi connectivity index (χ0) is 18.7. The smallest absolute Gasteiger partial charge is 0.270 e. The first-order valence-electron chi connectivity index (χ1n) is 8.31. The van der Waals surface area contributed by atoms with Gasteiger partial charge in [-0.25, -0.2) is 13.9 Å². The number of rotatable bonds is 2.